The molecule has 1 aliphatic heterocycles. The van der Waals surface area contributed by atoms with Gasteiger partial charge >= 0.3 is 5.97 Å². The second-order valence-corrected chi connectivity index (χ2v) is 4.37. The number of hydrogen-bond donors (Lipinski definition) is 0. The van der Waals surface area contributed by atoms with E-state index in [1.165, 1.54) is 5.57 Å². The summed E-state index contributed by atoms with van der Waals surface area (Å²) in [6.45, 7) is 2.13. The predicted octanol–water partition coefficient (Wildman–Crippen LogP) is 2.99. The first kappa shape index (κ1) is 10.5. The topological polar surface area (TPSA) is 26.3 Å². The van der Waals surface area contributed by atoms with Crippen molar-refractivity contribution in [1.82, 2.24) is 0 Å². The van der Waals surface area contributed by atoms with Crippen molar-refractivity contribution in [2.75, 3.05) is 0 Å². The zero-order chi connectivity index (χ0) is 10.7. The molecule has 0 N–H and O–H groups in total. The third kappa shape index (κ3) is 2.31. The number of cyclic esters (lactones) is 1. The highest BCUT2D eigenvalue weighted by atomic mass is 16.6. The Morgan fingerprint density at radius 2 is 2.40 bits per heavy atom. The van der Waals surface area contributed by atoms with Crippen LogP contribution in [0.1, 0.15) is 39.0 Å². The fourth-order valence-electron chi connectivity index (χ4n) is 2.26. The number of hydrogen-bond acceptors (Lipinski definition) is 2. The van der Waals surface area contributed by atoms with Crippen LogP contribution in [-0.2, 0) is 9.53 Å². The van der Waals surface area contributed by atoms with Gasteiger partial charge in [0, 0.05) is 0 Å². The molecule has 2 heteroatoms. The summed E-state index contributed by atoms with van der Waals surface area (Å²) in [5.74, 6) is 0.145. The van der Waals surface area contributed by atoms with Gasteiger partial charge in [-0.1, -0.05) is 37.1 Å². The van der Waals surface area contributed by atoms with Gasteiger partial charge in [-0.3, -0.25) is 4.79 Å². The lowest BCUT2D eigenvalue weighted by molar-refractivity contribution is -0.185. The van der Waals surface area contributed by atoms with Crippen LogP contribution in [0.5, 0.6) is 0 Å². The molecule has 0 aromatic rings. The average molecular weight is 206 g/mol. The Kier molecular flexibility index (Phi) is 3.24. The summed E-state index contributed by atoms with van der Waals surface area (Å²) in [5.41, 5.74) is 1.40. The molecule has 2 rings (SSSR count). The minimum atomic E-state index is 0.00361. The van der Waals surface area contributed by atoms with Crippen molar-refractivity contribution < 1.29 is 9.53 Å². The average Bonchev–Trinajstić information content (AvgIpc) is 2.27. The summed E-state index contributed by atoms with van der Waals surface area (Å²) < 4.78 is 5.15. The van der Waals surface area contributed by atoms with Crippen molar-refractivity contribution in [3.05, 3.63) is 23.8 Å². The summed E-state index contributed by atoms with van der Waals surface area (Å²) in [5, 5.41) is 0. The molecule has 15 heavy (non-hydrogen) atoms. The van der Waals surface area contributed by atoms with Crippen molar-refractivity contribution in [1.29, 1.82) is 0 Å². The molecule has 2 nitrogen and oxygen atoms in total. The SMILES string of the molecule is CCCC1OC(=O)C1CC1=CC=CCC1. The molecule has 2 unspecified atom stereocenters. The van der Waals surface area contributed by atoms with Gasteiger partial charge in [0.2, 0.25) is 0 Å². The van der Waals surface area contributed by atoms with Crippen LogP contribution in [0.2, 0.25) is 0 Å². The lowest BCUT2D eigenvalue weighted by Gasteiger charge is -2.35. The minimum absolute atomic E-state index is 0.00361. The number of rotatable bonds is 4. The first-order valence-corrected chi connectivity index (χ1v) is 5.86. The third-order valence-corrected chi connectivity index (χ3v) is 3.17. The highest BCUT2D eigenvalue weighted by Gasteiger charge is 2.41. The molecular formula is C13H18O2. The second kappa shape index (κ2) is 4.65. The third-order valence-electron chi connectivity index (χ3n) is 3.17. The van der Waals surface area contributed by atoms with E-state index >= 15 is 0 Å². The van der Waals surface area contributed by atoms with Crippen LogP contribution in [-0.4, -0.2) is 12.1 Å². The number of carbonyl (C=O) groups is 1. The van der Waals surface area contributed by atoms with E-state index in [0.29, 0.717) is 0 Å². The molecule has 0 spiro atoms. The van der Waals surface area contributed by atoms with E-state index < -0.39 is 0 Å². The summed E-state index contributed by atoms with van der Waals surface area (Å²) in [4.78, 5) is 11.3. The normalized spacial score (nSPS) is 29.4. The Balaban J connectivity index is 1.89. The van der Waals surface area contributed by atoms with Crippen LogP contribution >= 0.6 is 0 Å². The van der Waals surface area contributed by atoms with Gasteiger partial charge in [-0.25, -0.2) is 0 Å². The Morgan fingerprint density at radius 3 is 3.00 bits per heavy atom. The summed E-state index contributed by atoms with van der Waals surface area (Å²) >= 11 is 0. The minimum Gasteiger partial charge on any atom is -0.461 e. The largest absolute Gasteiger partial charge is 0.461 e. The van der Waals surface area contributed by atoms with E-state index in [9.17, 15) is 4.79 Å². The maximum absolute atomic E-state index is 11.3. The molecule has 0 amide bonds. The van der Waals surface area contributed by atoms with Gasteiger partial charge in [0.05, 0.1) is 5.92 Å². The molecule has 1 heterocycles. The summed E-state index contributed by atoms with van der Waals surface area (Å²) in [6, 6.07) is 0. The van der Waals surface area contributed by atoms with Crippen molar-refractivity contribution in [2.24, 2.45) is 5.92 Å². The van der Waals surface area contributed by atoms with E-state index in [-0.39, 0.29) is 18.0 Å². The van der Waals surface area contributed by atoms with Gasteiger partial charge in [0.1, 0.15) is 6.10 Å². The van der Waals surface area contributed by atoms with E-state index in [2.05, 4.69) is 25.2 Å². The maximum Gasteiger partial charge on any atom is 0.313 e. The van der Waals surface area contributed by atoms with Crippen molar-refractivity contribution in [2.45, 2.75) is 45.1 Å². The van der Waals surface area contributed by atoms with E-state index in [0.717, 1.165) is 32.1 Å². The fraction of sp³-hybridized carbons (Fsp3) is 0.615. The van der Waals surface area contributed by atoms with Gasteiger partial charge in [0.15, 0.2) is 0 Å². The maximum atomic E-state index is 11.3. The Morgan fingerprint density at radius 1 is 1.53 bits per heavy atom. The van der Waals surface area contributed by atoms with Crippen LogP contribution in [0.15, 0.2) is 23.8 Å². The molecule has 1 fully saturated rings. The molecule has 0 aromatic heterocycles. The molecule has 1 saturated heterocycles. The lowest BCUT2D eigenvalue weighted by Crippen LogP contribution is -2.45. The first-order valence-electron chi connectivity index (χ1n) is 5.86. The van der Waals surface area contributed by atoms with E-state index in [1.807, 2.05) is 0 Å². The zero-order valence-corrected chi connectivity index (χ0v) is 9.24. The first-order chi connectivity index (χ1) is 7.31. The lowest BCUT2D eigenvalue weighted by atomic mass is 9.85. The van der Waals surface area contributed by atoms with Crippen LogP contribution in [0.3, 0.4) is 0 Å². The number of esters is 1. The van der Waals surface area contributed by atoms with Gasteiger partial charge in [-0.2, -0.15) is 0 Å². The number of carbonyl (C=O) groups excluding carboxylic acids is 1. The van der Waals surface area contributed by atoms with Gasteiger partial charge in [0.25, 0.3) is 0 Å². The number of allylic oxidation sites excluding steroid dienone is 4. The van der Waals surface area contributed by atoms with Crippen LogP contribution in [0.25, 0.3) is 0 Å². The van der Waals surface area contributed by atoms with Crippen molar-refractivity contribution in [3.63, 3.8) is 0 Å². The predicted molar refractivity (Wildman–Crippen MR) is 59.4 cm³/mol. The molecule has 2 aliphatic rings. The molecule has 0 radical (unpaired) electrons. The van der Waals surface area contributed by atoms with Gasteiger partial charge in [-0.05, 0) is 25.7 Å². The monoisotopic (exact) mass is 206 g/mol. The van der Waals surface area contributed by atoms with Crippen molar-refractivity contribution >= 4 is 5.97 Å². The molecule has 82 valence electrons. The van der Waals surface area contributed by atoms with Crippen LogP contribution in [0, 0.1) is 5.92 Å². The molecule has 0 saturated carbocycles. The Bertz CT molecular complexity index is 302. The van der Waals surface area contributed by atoms with Crippen LogP contribution in [0.4, 0.5) is 0 Å². The number of ether oxygens (including phenoxy) is 1. The summed E-state index contributed by atoms with van der Waals surface area (Å²) in [6.07, 6.45) is 11.8. The second-order valence-electron chi connectivity index (χ2n) is 4.37. The van der Waals surface area contributed by atoms with Crippen LogP contribution < -0.4 is 0 Å². The molecular weight excluding hydrogens is 188 g/mol. The zero-order valence-electron chi connectivity index (χ0n) is 9.24. The molecule has 2 atom stereocenters. The highest BCUT2D eigenvalue weighted by molar-refractivity contribution is 5.78. The molecule has 1 aliphatic carbocycles. The Hall–Kier alpha value is -1.05. The fourth-order valence-corrected chi connectivity index (χ4v) is 2.26. The van der Waals surface area contributed by atoms with Gasteiger partial charge < -0.3 is 4.74 Å². The van der Waals surface area contributed by atoms with Gasteiger partial charge in [-0.15, -0.1) is 0 Å². The highest BCUT2D eigenvalue weighted by Crippen LogP contribution is 2.33. The summed E-state index contributed by atoms with van der Waals surface area (Å²) in [7, 11) is 0. The molecule has 0 aromatic carbocycles. The standard InChI is InChI=1S/C13H18O2/c1-2-6-12-11(13(14)15-12)9-10-7-4-3-5-8-10/h3-4,7,11-12H,2,5-6,8-9H2,1H3. The smallest absolute Gasteiger partial charge is 0.313 e. The van der Waals surface area contributed by atoms with E-state index in [4.69, 9.17) is 4.74 Å². The molecule has 0 bridgehead atoms. The van der Waals surface area contributed by atoms with E-state index in [1.54, 1.807) is 0 Å². The van der Waals surface area contributed by atoms with Crippen molar-refractivity contribution in [3.8, 4) is 0 Å². The Labute approximate surface area is 91.0 Å². The quantitative estimate of drug-likeness (QED) is 0.661.